The summed E-state index contributed by atoms with van der Waals surface area (Å²) >= 11 is 0. The summed E-state index contributed by atoms with van der Waals surface area (Å²) in [6, 6.07) is 6.18. The van der Waals surface area contributed by atoms with E-state index >= 15 is 0 Å². The number of aryl methyl sites for hydroxylation is 2. The van der Waals surface area contributed by atoms with E-state index in [1.165, 1.54) is 18.1 Å². The highest BCUT2D eigenvalue weighted by Gasteiger charge is 2.24. The number of hydrogen-bond acceptors (Lipinski definition) is 3. The lowest BCUT2D eigenvalue weighted by Crippen LogP contribution is -2.52. The first-order chi connectivity index (χ1) is 9.20. The smallest absolute Gasteiger partial charge is 0.217 e. The Morgan fingerprint density at radius 1 is 1.30 bits per heavy atom. The monoisotopic (exact) mass is 277 g/mol. The van der Waals surface area contributed by atoms with Crippen LogP contribution in [0.4, 0.5) is 0 Å². The van der Waals surface area contributed by atoms with Crippen LogP contribution in [0, 0.1) is 13.8 Å². The van der Waals surface area contributed by atoms with Crippen molar-refractivity contribution in [3.05, 3.63) is 34.9 Å². The Balaban J connectivity index is 2.65. The van der Waals surface area contributed by atoms with Crippen LogP contribution in [0.25, 0.3) is 0 Å². The molecule has 0 bridgehead atoms. The number of nitrogens with one attached hydrogen (secondary N) is 1. The lowest BCUT2D eigenvalue weighted by molar-refractivity contribution is -0.119. The maximum Gasteiger partial charge on any atom is 0.217 e. The van der Waals surface area contributed by atoms with Crippen LogP contribution in [0.5, 0.6) is 0 Å². The second-order valence-corrected chi connectivity index (χ2v) is 5.55. The number of carbonyl (C=O) groups is 1. The highest BCUT2D eigenvalue weighted by molar-refractivity contribution is 5.92. The van der Waals surface area contributed by atoms with Crippen molar-refractivity contribution in [3.63, 3.8) is 0 Å². The van der Waals surface area contributed by atoms with E-state index in [1.807, 2.05) is 26.0 Å². The summed E-state index contributed by atoms with van der Waals surface area (Å²) in [7, 11) is 0. The van der Waals surface area contributed by atoms with Crippen LogP contribution in [-0.4, -0.2) is 17.3 Å². The predicted molar refractivity (Wildman–Crippen MR) is 80.2 cm³/mol. The molecule has 1 amide bonds. The third-order valence-electron chi connectivity index (χ3n) is 2.80. The zero-order valence-electron chi connectivity index (χ0n) is 12.8. The van der Waals surface area contributed by atoms with Gasteiger partial charge in [0.25, 0.3) is 0 Å². The van der Waals surface area contributed by atoms with Crippen molar-refractivity contribution in [2.24, 2.45) is 10.9 Å². The van der Waals surface area contributed by atoms with Gasteiger partial charge in [-0.05, 0) is 33.3 Å². The van der Waals surface area contributed by atoms with Gasteiger partial charge in [-0.3, -0.25) is 4.79 Å². The Hall–Kier alpha value is -2.04. The Morgan fingerprint density at radius 3 is 2.35 bits per heavy atom. The van der Waals surface area contributed by atoms with Gasteiger partial charge in [0.2, 0.25) is 5.91 Å². The molecule has 0 aliphatic heterocycles. The molecule has 1 rings (SSSR count). The summed E-state index contributed by atoms with van der Waals surface area (Å²) in [6.07, 6.45) is 0. The molecule has 0 fully saturated rings. The number of amides is 1. The highest BCUT2D eigenvalue weighted by Crippen LogP contribution is 2.10. The maximum absolute atomic E-state index is 11.1. The summed E-state index contributed by atoms with van der Waals surface area (Å²) in [5.41, 5.74) is 8.50. The lowest BCUT2D eigenvalue weighted by atomic mass is 10.0. The van der Waals surface area contributed by atoms with E-state index in [2.05, 4.69) is 16.5 Å². The molecule has 0 aliphatic carbocycles. The Labute approximate surface area is 120 Å². The van der Waals surface area contributed by atoms with Crippen molar-refractivity contribution in [2.75, 3.05) is 0 Å². The van der Waals surface area contributed by atoms with Crippen molar-refractivity contribution in [3.8, 4) is 0 Å². The molecule has 0 saturated heterocycles. The Morgan fingerprint density at radius 2 is 1.85 bits per heavy atom. The molecule has 0 unspecified atom stereocenters. The van der Waals surface area contributed by atoms with Crippen molar-refractivity contribution in [2.45, 2.75) is 46.8 Å². The number of nitrogens with zero attached hydrogens (tertiary/aromatic N) is 1. The summed E-state index contributed by atoms with van der Waals surface area (Å²) in [5, 5.41) is 6.59. The van der Waals surface area contributed by atoms with E-state index < -0.39 is 5.54 Å². The van der Waals surface area contributed by atoms with E-state index in [0.29, 0.717) is 6.61 Å². The van der Waals surface area contributed by atoms with E-state index in [1.54, 1.807) is 13.8 Å². The molecule has 0 atom stereocenters. The molecular formula is C15H23N3O2. The number of hydrogen-bond donors (Lipinski definition) is 2. The average molecular weight is 277 g/mol. The molecular weight excluding hydrogens is 254 g/mol. The Kier molecular flexibility index (Phi) is 5.13. The second-order valence-electron chi connectivity index (χ2n) is 5.55. The van der Waals surface area contributed by atoms with E-state index in [9.17, 15) is 4.79 Å². The zero-order chi connectivity index (χ0) is 15.3. The first-order valence-electron chi connectivity index (χ1n) is 6.52. The number of amidine groups is 1. The maximum atomic E-state index is 11.1. The number of oxime groups is 1. The first-order valence-corrected chi connectivity index (χ1v) is 6.52. The van der Waals surface area contributed by atoms with E-state index in [-0.39, 0.29) is 11.7 Å². The summed E-state index contributed by atoms with van der Waals surface area (Å²) in [5.74, 6) is 0.0690. The normalized spacial score (nSPS) is 12.2. The van der Waals surface area contributed by atoms with Crippen molar-refractivity contribution in [1.82, 2.24) is 5.32 Å². The van der Waals surface area contributed by atoms with Gasteiger partial charge in [-0.25, -0.2) is 0 Å². The number of rotatable bonds is 5. The average Bonchev–Trinajstić information content (AvgIpc) is 2.25. The standard InChI is InChI=1S/C15H23N3O2/c1-10-6-11(2)8-13(7-10)9-20-18-14(16)15(4,5)17-12(3)19/h6-8H,9H2,1-5H3,(H2,16,18)(H,17,19). The molecule has 110 valence electrons. The fourth-order valence-electron chi connectivity index (χ4n) is 1.95. The molecule has 5 nitrogen and oxygen atoms in total. The molecule has 0 saturated carbocycles. The number of carbonyl (C=O) groups excluding carboxylic acids is 1. The van der Waals surface area contributed by atoms with E-state index in [4.69, 9.17) is 10.6 Å². The minimum absolute atomic E-state index is 0.164. The molecule has 5 heteroatoms. The molecule has 20 heavy (non-hydrogen) atoms. The molecule has 1 aromatic rings. The van der Waals surface area contributed by atoms with Gasteiger partial charge in [0, 0.05) is 6.92 Å². The van der Waals surface area contributed by atoms with Crippen LogP contribution < -0.4 is 11.1 Å². The molecule has 0 aliphatic rings. The van der Waals surface area contributed by atoms with Crippen molar-refractivity contribution < 1.29 is 9.63 Å². The van der Waals surface area contributed by atoms with Gasteiger partial charge in [-0.15, -0.1) is 0 Å². The third kappa shape index (κ3) is 4.91. The van der Waals surface area contributed by atoms with Gasteiger partial charge in [-0.2, -0.15) is 0 Å². The largest absolute Gasteiger partial charge is 0.389 e. The molecule has 0 spiro atoms. The van der Waals surface area contributed by atoms with Gasteiger partial charge in [0.1, 0.15) is 6.61 Å². The molecule has 0 heterocycles. The minimum atomic E-state index is -0.728. The van der Waals surface area contributed by atoms with Crippen LogP contribution in [0.2, 0.25) is 0 Å². The fraction of sp³-hybridized carbons (Fsp3) is 0.467. The van der Waals surface area contributed by atoms with E-state index in [0.717, 1.165) is 5.56 Å². The quantitative estimate of drug-likeness (QED) is 0.491. The van der Waals surface area contributed by atoms with Crippen molar-refractivity contribution >= 4 is 11.7 Å². The molecule has 0 radical (unpaired) electrons. The summed E-state index contributed by atoms with van der Waals surface area (Å²) < 4.78 is 0. The molecule has 0 aromatic heterocycles. The Bertz CT molecular complexity index is 502. The molecule has 1 aromatic carbocycles. The first kappa shape index (κ1) is 16.0. The molecule has 3 N–H and O–H groups in total. The van der Waals surface area contributed by atoms with Gasteiger partial charge in [0.15, 0.2) is 5.84 Å². The van der Waals surface area contributed by atoms with Crippen molar-refractivity contribution in [1.29, 1.82) is 0 Å². The summed E-state index contributed by atoms with van der Waals surface area (Å²) in [6.45, 7) is 9.40. The highest BCUT2D eigenvalue weighted by atomic mass is 16.6. The third-order valence-corrected chi connectivity index (χ3v) is 2.80. The summed E-state index contributed by atoms with van der Waals surface area (Å²) in [4.78, 5) is 16.3. The van der Waals surface area contributed by atoms with Crippen LogP contribution in [0.3, 0.4) is 0 Å². The second kappa shape index (κ2) is 6.41. The SMILES string of the molecule is CC(=O)NC(C)(C)/C(N)=N/OCc1cc(C)cc(C)c1. The van der Waals surface area contributed by atoms with Gasteiger partial charge in [-0.1, -0.05) is 34.5 Å². The van der Waals surface area contributed by atoms with Crippen LogP contribution >= 0.6 is 0 Å². The predicted octanol–water partition coefficient (Wildman–Crippen LogP) is 2.01. The fourth-order valence-corrected chi connectivity index (χ4v) is 1.95. The van der Waals surface area contributed by atoms with Crippen LogP contribution in [-0.2, 0) is 16.2 Å². The minimum Gasteiger partial charge on any atom is -0.389 e. The van der Waals surface area contributed by atoms with Gasteiger partial charge in [0.05, 0.1) is 5.54 Å². The zero-order valence-corrected chi connectivity index (χ0v) is 12.8. The lowest BCUT2D eigenvalue weighted by Gasteiger charge is -2.24. The van der Waals surface area contributed by atoms with Gasteiger partial charge < -0.3 is 15.9 Å². The van der Waals surface area contributed by atoms with Crippen LogP contribution in [0.15, 0.2) is 23.4 Å². The number of nitrogens with two attached hydrogens (primary N) is 1. The van der Waals surface area contributed by atoms with Gasteiger partial charge >= 0.3 is 0 Å². The topological polar surface area (TPSA) is 76.7 Å². The van der Waals surface area contributed by atoms with Crippen LogP contribution in [0.1, 0.15) is 37.5 Å². The number of benzene rings is 1.